The van der Waals surface area contributed by atoms with Gasteiger partial charge in [-0.1, -0.05) is 48.5 Å². The van der Waals surface area contributed by atoms with Crippen LogP contribution in [0, 0.1) is 0 Å². The van der Waals surface area contributed by atoms with E-state index in [1.807, 2.05) is 60.7 Å². The molecular weight excluding hydrogens is 374 g/mol. The molecule has 0 saturated heterocycles. The highest BCUT2D eigenvalue weighted by atomic mass is 16.3. The van der Waals surface area contributed by atoms with Gasteiger partial charge in [-0.25, -0.2) is 4.98 Å². The predicted molar refractivity (Wildman–Crippen MR) is 120 cm³/mol. The number of aromatic nitrogens is 2. The van der Waals surface area contributed by atoms with Gasteiger partial charge in [0.2, 0.25) is 0 Å². The van der Waals surface area contributed by atoms with Gasteiger partial charge in [0.25, 0.3) is 0 Å². The summed E-state index contributed by atoms with van der Waals surface area (Å²) in [7, 11) is 0. The van der Waals surface area contributed by atoms with Crippen LogP contribution in [-0.2, 0) is 0 Å². The van der Waals surface area contributed by atoms with Crippen molar-refractivity contribution in [1.82, 2.24) is 9.97 Å². The number of aliphatic imine (C=N–C) groups is 1. The second-order valence-electron chi connectivity index (χ2n) is 6.92. The minimum absolute atomic E-state index is 0.0724. The van der Waals surface area contributed by atoms with Crippen LogP contribution in [0.15, 0.2) is 90.2 Å². The maximum Gasteiger partial charge on any atom is 0.143 e. The minimum atomic E-state index is 0.0724. The number of hydrogen-bond acceptors (Lipinski definition) is 5. The smallest absolute Gasteiger partial charge is 0.143 e. The number of nitrogens with zero attached hydrogens (tertiary/aromatic N) is 3. The van der Waals surface area contributed by atoms with Crippen molar-refractivity contribution in [3.05, 3.63) is 90.9 Å². The summed E-state index contributed by atoms with van der Waals surface area (Å²) in [6.07, 6.45) is 4.71. The van der Waals surface area contributed by atoms with Gasteiger partial charge in [-0.05, 0) is 35.0 Å². The van der Waals surface area contributed by atoms with Crippen molar-refractivity contribution < 1.29 is 10.2 Å². The fourth-order valence-electron chi connectivity index (χ4n) is 3.62. The summed E-state index contributed by atoms with van der Waals surface area (Å²) in [6.45, 7) is 0. The second kappa shape index (κ2) is 7.29. The molecule has 0 aliphatic carbocycles. The third kappa shape index (κ3) is 3.12. The molecule has 0 atom stereocenters. The number of fused-ring (bicyclic) bond motifs is 2. The van der Waals surface area contributed by atoms with Gasteiger partial charge >= 0.3 is 0 Å². The average Bonchev–Trinajstić information content (AvgIpc) is 2.77. The molecular formula is C25H17N3O2. The zero-order chi connectivity index (χ0) is 20.5. The molecule has 0 spiro atoms. The molecule has 5 nitrogen and oxygen atoms in total. The van der Waals surface area contributed by atoms with Crippen molar-refractivity contribution in [2.45, 2.75) is 0 Å². The van der Waals surface area contributed by atoms with Crippen LogP contribution in [0.25, 0.3) is 32.8 Å². The Balaban J connectivity index is 1.67. The van der Waals surface area contributed by atoms with E-state index in [0.717, 1.165) is 16.2 Å². The van der Waals surface area contributed by atoms with Crippen LogP contribution in [-0.4, -0.2) is 26.4 Å². The van der Waals surface area contributed by atoms with Crippen molar-refractivity contribution in [1.29, 1.82) is 0 Å². The Morgan fingerprint density at radius 1 is 0.800 bits per heavy atom. The molecule has 30 heavy (non-hydrogen) atoms. The van der Waals surface area contributed by atoms with E-state index in [9.17, 15) is 10.2 Å². The number of pyridine rings is 2. The molecule has 0 fully saturated rings. The lowest BCUT2D eigenvalue weighted by molar-refractivity contribution is 0.474. The van der Waals surface area contributed by atoms with Crippen LogP contribution in [0.3, 0.4) is 0 Å². The number of hydrogen-bond donors (Lipinski definition) is 2. The minimum Gasteiger partial charge on any atom is -0.507 e. The largest absolute Gasteiger partial charge is 0.507 e. The van der Waals surface area contributed by atoms with Crippen molar-refractivity contribution in [3.63, 3.8) is 0 Å². The highest BCUT2D eigenvalue weighted by molar-refractivity contribution is 6.01. The number of aromatic hydroxyl groups is 2. The lowest BCUT2D eigenvalue weighted by Gasteiger charge is -2.09. The summed E-state index contributed by atoms with van der Waals surface area (Å²) in [6, 6.07) is 22.7. The summed E-state index contributed by atoms with van der Waals surface area (Å²) in [4.78, 5) is 13.3. The summed E-state index contributed by atoms with van der Waals surface area (Å²) in [5, 5.41) is 24.1. The molecule has 0 radical (unpaired) electrons. The SMILES string of the molecule is Oc1cnccc1-c1nc(C=Nc2cccc3cccc(O)c23)cc2ccccc12. The predicted octanol–water partition coefficient (Wildman–Crippen LogP) is 5.61. The number of phenolic OH excluding ortho intramolecular Hbond substituents is 1. The molecule has 0 bridgehead atoms. The van der Waals surface area contributed by atoms with Crippen molar-refractivity contribution in [3.8, 4) is 22.8 Å². The van der Waals surface area contributed by atoms with E-state index in [1.165, 1.54) is 6.20 Å². The quantitative estimate of drug-likeness (QED) is 0.392. The Morgan fingerprint density at radius 2 is 1.60 bits per heavy atom. The van der Waals surface area contributed by atoms with Crippen LogP contribution in [0.1, 0.15) is 5.69 Å². The Kier molecular flexibility index (Phi) is 4.33. The zero-order valence-corrected chi connectivity index (χ0v) is 15.9. The Morgan fingerprint density at radius 3 is 2.47 bits per heavy atom. The van der Waals surface area contributed by atoms with Gasteiger partial charge < -0.3 is 10.2 Å². The van der Waals surface area contributed by atoms with E-state index in [2.05, 4.69) is 9.98 Å². The van der Waals surface area contributed by atoms with Gasteiger partial charge in [-0.3, -0.25) is 9.98 Å². The van der Waals surface area contributed by atoms with Crippen LogP contribution < -0.4 is 0 Å². The van der Waals surface area contributed by atoms with Crippen LogP contribution in [0.2, 0.25) is 0 Å². The van der Waals surface area contributed by atoms with E-state index < -0.39 is 0 Å². The molecule has 2 N–H and O–H groups in total. The normalized spacial score (nSPS) is 11.5. The number of benzene rings is 3. The third-order valence-corrected chi connectivity index (χ3v) is 5.01. The molecule has 5 aromatic rings. The number of rotatable bonds is 3. The summed E-state index contributed by atoms with van der Waals surface area (Å²) in [5.41, 5.74) is 2.58. The van der Waals surface area contributed by atoms with E-state index in [4.69, 9.17) is 4.98 Å². The second-order valence-corrected chi connectivity index (χ2v) is 6.92. The van der Waals surface area contributed by atoms with Gasteiger partial charge in [0.15, 0.2) is 0 Å². The molecule has 0 aliphatic heterocycles. The molecule has 0 aliphatic rings. The van der Waals surface area contributed by atoms with E-state index in [-0.39, 0.29) is 11.5 Å². The third-order valence-electron chi connectivity index (χ3n) is 5.01. The molecule has 2 heterocycles. The van der Waals surface area contributed by atoms with Gasteiger partial charge in [-0.15, -0.1) is 0 Å². The first-order chi connectivity index (χ1) is 14.7. The molecule has 3 aromatic carbocycles. The molecule has 2 aromatic heterocycles. The standard InChI is InChI=1S/C25H17N3O2/c29-22-10-4-7-16-6-3-9-21(24(16)22)27-14-18-13-17-5-1-2-8-19(17)25(28-18)20-11-12-26-15-23(20)30/h1-15,29-30H. The summed E-state index contributed by atoms with van der Waals surface area (Å²) < 4.78 is 0. The van der Waals surface area contributed by atoms with Crippen molar-refractivity contribution in [2.24, 2.45) is 4.99 Å². The lowest BCUT2D eigenvalue weighted by Crippen LogP contribution is -1.94. The molecule has 0 unspecified atom stereocenters. The van der Waals surface area contributed by atoms with E-state index >= 15 is 0 Å². The Labute approximate surface area is 172 Å². The molecule has 5 rings (SSSR count). The van der Waals surface area contributed by atoms with Gasteiger partial charge in [0.1, 0.15) is 11.5 Å². The zero-order valence-electron chi connectivity index (χ0n) is 15.9. The van der Waals surface area contributed by atoms with Crippen LogP contribution in [0.5, 0.6) is 11.5 Å². The van der Waals surface area contributed by atoms with Crippen LogP contribution >= 0.6 is 0 Å². The van der Waals surface area contributed by atoms with Gasteiger partial charge in [0.05, 0.1) is 29.5 Å². The fraction of sp³-hybridized carbons (Fsp3) is 0. The maximum absolute atomic E-state index is 10.3. The molecule has 0 saturated carbocycles. The summed E-state index contributed by atoms with van der Waals surface area (Å²) in [5.74, 6) is 0.261. The molecule has 144 valence electrons. The van der Waals surface area contributed by atoms with Crippen molar-refractivity contribution >= 4 is 33.4 Å². The van der Waals surface area contributed by atoms with E-state index in [0.29, 0.717) is 28.0 Å². The summed E-state index contributed by atoms with van der Waals surface area (Å²) >= 11 is 0. The molecule has 5 heteroatoms. The van der Waals surface area contributed by atoms with E-state index in [1.54, 1.807) is 24.5 Å². The number of phenols is 1. The Hall–Kier alpha value is -4.25. The monoisotopic (exact) mass is 391 g/mol. The van der Waals surface area contributed by atoms with Crippen LogP contribution in [0.4, 0.5) is 5.69 Å². The fourth-order valence-corrected chi connectivity index (χ4v) is 3.62. The average molecular weight is 391 g/mol. The van der Waals surface area contributed by atoms with Gasteiger partial charge in [0, 0.05) is 22.5 Å². The topological polar surface area (TPSA) is 78.6 Å². The Bertz CT molecular complexity index is 1420. The highest BCUT2D eigenvalue weighted by Gasteiger charge is 2.11. The lowest BCUT2D eigenvalue weighted by atomic mass is 10.0. The molecule has 0 amide bonds. The first-order valence-electron chi connectivity index (χ1n) is 9.48. The maximum atomic E-state index is 10.3. The van der Waals surface area contributed by atoms with Crippen molar-refractivity contribution in [2.75, 3.05) is 0 Å². The highest BCUT2D eigenvalue weighted by Crippen LogP contribution is 2.34. The first-order valence-corrected chi connectivity index (χ1v) is 9.48. The first kappa shape index (κ1) is 17.8. The van der Waals surface area contributed by atoms with Gasteiger partial charge in [-0.2, -0.15) is 0 Å².